The number of fused-ring (bicyclic) bond motifs is 1. The molecule has 2 unspecified atom stereocenters. The third kappa shape index (κ3) is 3.90. The number of halogens is 1. The van der Waals surface area contributed by atoms with Crippen molar-refractivity contribution in [1.82, 2.24) is 35.4 Å². The molecule has 2 amide bonds. The number of amides is 2. The van der Waals surface area contributed by atoms with Gasteiger partial charge in [-0.3, -0.25) is 19.5 Å². The van der Waals surface area contributed by atoms with Gasteiger partial charge in [0, 0.05) is 25.2 Å². The monoisotopic (exact) mass is 413 g/mol. The predicted octanol–water partition coefficient (Wildman–Crippen LogP) is 0.866. The summed E-state index contributed by atoms with van der Waals surface area (Å²) in [6.45, 7) is 2.81. The zero-order valence-corrected chi connectivity index (χ0v) is 16.9. The predicted molar refractivity (Wildman–Crippen MR) is 106 cm³/mol. The Morgan fingerprint density at radius 3 is 2.93 bits per heavy atom. The molecule has 2 aliphatic heterocycles. The molecule has 1 aromatic heterocycles. The summed E-state index contributed by atoms with van der Waals surface area (Å²) in [5, 5.41) is 8.80. The largest absolute Gasteiger partial charge is 0.337 e. The number of carbonyl (C=O) groups excluding carboxylic acids is 2. The van der Waals surface area contributed by atoms with Crippen molar-refractivity contribution >= 4 is 11.8 Å². The number of nitrogens with one attached hydrogen (secondary N) is 2. The minimum Gasteiger partial charge on any atom is -0.337 e. The van der Waals surface area contributed by atoms with Crippen LogP contribution in [-0.2, 0) is 11.3 Å². The van der Waals surface area contributed by atoms with E-state index in [-0.39, 0.29) is 30.1 Å². The van der Waals surface area contributed by atoms with E-state index in [0.29, 0.717) is 18.5 Å². The van der Waals surface area contributed by atoms with Crippen molar-refractivity contribution in [2.45, 2.75) is 38.4 Å². The number of nitrogens with zero attached hydrogens (tertiary/aromatic N) is 5. The lowest BCUT2D eigenvalue weighted by atomic mass is 10.2. The summed E-state index contributed by atoms with van der Waals surface area (Å²) in [5.74, 6) is -0.336. The van der Waals surface area contributed by atoms with Crippen LogP contribution in [0.4, 0.5) is 4.39 Å². The highest BCUT2D eigenvalue weighted by Crippen LogP contribution is 2.22. The van der Waals surface area contributed by atoms with Gasteiger partial charge in [-0.15, -0.1) is 5.10 Å². The number of aromatic nitrogens is 3. The first-order valence-corrected chi connectivity index (χ1v) is 9.93. The van der Waals surface area contributed by atoms with Crippen molar-refractivity contribution < 1.29 is 14.0 Å². The van der Waals surface area contributed by atoms with Crippen LogP contribution in [0.25, 0.3) is 0 Å². The smallest absolute Gasteiger partial charge is 0.291 e. The molecular formula is C20H24FN7O2. The zero-order chi connectivity index (χ0) is 21.3. The Morgan fingerprint density at radius 1 is 1.37 bits per heavy atom. The van der Waals surface area contributed by atoms with Crippen molar-refractivity contribution in [2.24, 2.45) is 0 Å². The van der Waals surface area contributed by atoms with E-state index in [2.05, 4.69) is 27.7 Å². The normalized spacial score (nSPS) is 21.3. The molecule has 30 heavy (non-hydrogen) atoms. The molecule has 0 spiro atoms. The molecule has 158 valence electrons. The Bertz CT molecular complexity index is 989. The summed E-state index contributed by atoms with van der Waals surface area (Å²) in [5.41, 5.74) is 3.79. The molecule has 0 bridgehead atoms. The van der Waals surface area contributed by atoms with E-state index in [1.54, 1.807) is 30.1 Å². The second kappa shape index (κ2) is 8.23. The average Bonchev–Trinajstić information content (AvgIpc) is 3.36. The van der Waals surface area contributed by atoms with E-state index in [9.17, 15) is 14.0 Å². The third-order valence-corrected chi connectivity index (χ3v) is 5.34. The summed E-state index contributed by atoms with van der Waals surface area (Å²) in [6.07, 6.45) is 4.77. The van der Waals surface area contributed by atoms with Crippen LogP contribution in [-0.4, -0.2) is 62.2 Å². The fourth-order valence-electron chi connectivity index (χ4n) is 3.62. The van der Waals surface area contributed by atoms with Crippen molar-refractivity contribution in [2.75, 3.05) is 13.6 Å². The number of hydrogen-bond acceptors (Lipinski definition) is 6. The zero-order valence-electron chi connectivity index (χ0n) is 16.9. The Hall–Kier alpha value is -3.27. The van der Waals surface area contributed by atoms with E-state index >= 15 is 0 Å². The van der Waals surface area contributed by atoms with E-state index < -0.39 is 11.9 Å². The molecule has 1 fully saturated rings. The maximum atomic E-state index is 13.8. The average molecular weight is 413 g/mol. The molecule has 2 atom stereocenters. The third-order valence-electron chi connectivity index (χ3n) is 5.34. The van der Waals surface area contributed by atoms with Gasteiger partial charge in [0.25, 0.3) is 11.8 Å². The van der Waals surface area contributed by atoms with E-state index in [0.717, 1.165) is 12.2 Å². The fourth-order valence-corrected chi connectivity index (χ4v) is 3.62. The topological polar surface area (TPSA) is 95.4 Å². The number of likely N-dealkylation sites (N-methyl/N-ethyl adjacent to an activating group) is 1. The van der Waals surface area contributed by atoms with Gasteiger partial charge in [0.2, 0.25) is 5.82 Å². The molecule has 0 saturated carbocycles. The lowest BCUT2D eigenvalue weighted by Gasteiger charge is -2.25. The number of hydrogen-bond donors (Lipinski definition) is 2. The lowest BCUT2D eigenvalue weighted by Crippen LogP contribution is -2.46. The van der Waals surface area contributed by atoms with Crippen LogP contribution in [0.1, 0.15) is 35.9 Å². The van der Waals surface area contributed by atoms with Crippen LogP contribution in [0, 0.1) is 5.82 Å². The maximum Gasteiger partial charge on any atom is 0.291 e. The first-order valence-electron chi connectivity index (χ1n) is 9.93. The van der Waals surface area contributed by atoms with Crippen LogP contribution in [0.2, 0.25) is 0 Å². The Labute approximate surface area is 173 Å². The van der Waals surface area contributed by atoms with Gasteiger partial charge < -0.3 is 5.32 Å². The summed E-state index contributed by atoms with van der Waals surface area (Å²) in [7, 11) is 1.70. The van der Waals surface area contributed by atoms with Gasteiger partial charge in [-0.05, 0) is 25.0 Å². The van der Waals surface area contributed by atoms with Crippen LogP contribution >= 0.6 is 0 Å². The summed E-state index contributed by atoms with van der Waals surface area (Å²) >= 11 is 0. The Kier molecular flexibility index (Phi) is 5.49. The highest BCUT2D eigenvalue weighted by atomic mass is 19.1. The van der Waals surface area contributed by atoms with E-state index in [1.165, 1.54) is 17.1 Å². The summed E-state index contributed by atoms with van der Waals surface area (Å²) < 4.78 is 15.2. The van der Waals surface area contributed by atoms with Gasteiger partial charge in [-0.25, -0.2) is 19.5 Å². The molecule has 3 heterocycles. The Morgan fingerprint density at radius 2 is 2.17 bits per heavy atom. The van der Waals surface area contributed by atoms with Gasteiger partial charge in [-0.1, -0.05) is 25.1 Å². The number of carbonyl (C=O) groups is 2. The van der Waals surface area contributed by atoms with Gasteiger partial charge in [0.1, 0.15) is 24.0 Å². The minimum absolute atomic E-state index is 0.0603. The fraction of sp³-hybridized carbons (Fsp3) is 0.400. The SMILES string of the molecule is CCC1C=C2N(CCC(NC(=O)c3ncn(Cc4ccccc4F)n3)C(=O)N2C)N1. The van der Waals surface area contributed by atoms with Gasteiger partial charge in [-0.2, -0.15) is 0 Å². The van der Waals surface area contributed by atoms with Crippen LogP contribution < -0.4 is 10.7 Å². The van der Waals surface area contributed by atoms with E-state index in [4.69, 9.17) is 0 Å². The van der Waals surface area contributed by atoms with Crippen molar-refractivity contribution in [3.63, 3.8) is 0 Å². The van der Waals surface area contributed by atoms with Gasteiger partial charge in [0.05, 0.1) is 6.54 Å². The lowest BCUT2D eigenvalue weighted by molar-refractivity contribution is -0.130. The molecule has 10 heteroatoms. The van der Waals surface area contributed by atoms with Gasteiger partial charge in [0.15, 0.2) is 0 Å². The molecule has 4 rings (SSSR count). The van der Waals surface area contributed by atoms with Crippen LogP contribution in [0.5, 0.6) is 0 Å². The molecule has 1 saturated heterocycles. The first-order chi connectivity index (χ1) is 14.5. The van der Waals surface area contributed by atoms with Crippen LogP contribution in [0.3, 0.4) is 0 Å². The molecule has 0 radical (unpaired) electrons. The standard InChI is InChI=1S/C20H24FN7O2/c1-3-14-10-17-26(2)20(30)16(8-9-28(17)24-14)23-19(29)18-22-12-27(25-18)11-13-6-4-5-7-15(13)21/h4-7,10,12,14,16,24H,3,8-9,11H2,1-2H3,(H,23,29). The van der Waals surface area contributed by atoms with Crippen molar-refractivity contribution in [3.8, 4) is 0 Å². The van der Waals surface area contributed by atoms with E-state index in [1.807, 2.05) is 11.1 Å². The molecule has 2 N–H and O–H groups in total. The molecule has 2 aliphatic rings. The van der Waals surface area contributed by atoms with Crippen molar-refractivity contribution in [3.05, 3.63) is 59.7 Å². The molecule has 1 aromatic carbocycles. The van der Waals surface area contributed by atoms with Crippen LogP contribution in [0.15, 0.2) is 42.5 Å². The molecular weight excluding hydrogens is 389 g/mol. The maximum absolute atomic E-state index is 13.8. The molecule has 9 nitrogen and oxygen atoms in total. The first kappa shape index (κ1) is 20.0. The second-order valence-electron chi connectivity index (χ2n) is 7.39. The molecule has 2 aromatic rings. The highest BCUT2D eigenvalue weighted by molar-refractivity contribution is 5.95. The quantitative estimate of drug-likeness (QED) is 0.755. The Balaban J connectivity index is 1.42. The second-order valence-corrected chi connectivity index (χ2v) is 7.39. The summed E-state index contributed by atoms with van der Waals surface area (Å²) in [6, 6.07) is 5.87. The highest BCUT2D eigenvalue weighted by Gasteiger charge is 2.36. The number of benzene rings is 1. The minimum atomic E-state index is -0.686. The van der Waals surface area contributed by atoms with Gasteiger partial charge >= 0.3 is 0 Å². The molecule has 0 aliphatic carbocycles. The summed E-state index contributed by atoms with van der Waals surface area (Å²) in [4.78, 5) is 31.1. The van der Waals surface area contributed by atoms with Crippen molar-refractivity contribution in [1.29, 1.82) is 0 Å². The number of rotatable bonds is 5. The number of hydrazine groups is 1.